The number of rotatable bonds is 3. The highest BCUT2D eigenvalue weighted by atomic mass is 79.9. The number of ether oxygens (including phenoxy) is 2. The number of fused-ring (bicyclic) bond motifs is 1. The second kappa shape index (κ2) is 6.67. The van der Waals surface area contributed by atoms with Crippen molar-refractivity contribution in [3.05, 3.63) is 28.2 Å². The van der Waals surface area contributed by atoms with Crippen LogP contribution < -0.4 is 10.1 Å². The minimum Gasteiger partial charge on any atom is -0.487 e. The monoisotopic (exact) mass is 353 g/mol. The molecule has 0 amide bonds. The third-order valence-corrected chi connectivity index (χ3v) is 5.01. The van der Waals surface area contributed by atoms with E-state index in [1.807, 2.05) is 0 Å². The predicted octanol–water partition coefficient (Wildman–Crippen LogP) is 4.21. The quantitative estimate of drug-likeness (QED) is 0.882. The molecule has 1 fully saturated rings. The van der Waals surface area contributed by atoms with E-state index >= 15 is 0 Å². The van der Waals surface area contributed by atoms with Crippen molar-refractivity contribution in [2.24, 2.45) is 0 Å². The summed E-state index contributed by atoms with van der Waals surface area (Å²) in [7, 11) is 0. The fourth-order valence-corrected chi connectivity index (χ4v) is 3.81. The Morgan fingerprint density at radius 3 is 3.10 bits per heavy atom. The van der Waals surface area contributed by atoms with E-state index in [4.69, 9.17) is 9.47 Å². The average molecular weight is 354 g/mol. The van der Waals surface area contributed by atoms with Crippen molar-refractivity contribution in [3.8, 4) is 5.75 Å². The minimum atomic E-state index is -0.0528. The summed E-state index contributed by atoms with van der Waals surface area (Å²) in [6, 6.07) is 6.75. The van der Waals surface area contributed by atoms with Crippen molar-refractivity contribution in [3.63, 3.8) is 0 Å². The van der Waals surface area contributed by atoms with Crippen LogP contribution in [-0.4, -0.2) is 25.4 Å². The third kappa shape index (κ3) is 3.43. The molecule has 2 unspecified atom stereocenters. The molecule has 1 N–H and O–H groups in total. The van der Waals surface area contributed by atoms with E-state index in [1.54, 1.807) is 0 Å². The number of benzene rings is 1. The van der Waals surface area contributed by atoms with Gasteiger partial charge in [-0.3, -0.25) is 0 Å². The average Bonchev–Trinajstić information content (AvgIpc) is 2.71. The molecule has 2 aliphatic rings. The van der Waals surface area contributed by atoms with E-state index in [0.29, 0.717) is 6.04 Å². The number of nitrogens with one attached hydrogen (secondary N) is 1. The Kier molecular flexibility index (Phi) is 4.87. The van der Waals surface area contributed by atoms with Crippen LogP contribution in [0, 0.1) is 0 Å². The number of halogens is 1. The van der Waals surface area contributed by atoms with E-state index in [1.165, 1.54) is 5.56 Å². The Morgan fingerprint density at radius 1 is 1.33 bits per heavy atom. The van der Waals surface area contributed by atoms with Crippen LogP contribution in [0.25, 0.3) is 0 Å². The maximum Gasteiger partial charge on any atom is 0.125 e. The molecule has 1 saturated heterocycles. The van der Waals surface area contributed by atoms with Crippen molar-refractivity contribution in [1.82, 2.24) is 5.32 Å². The highest BCUT2D eigenvalue weighted by Gasteiger charge is 2.41. The lowest BCUT2D eigenvalue weighted by Crippen LogP contribution is -2.44. The number of hydrogen-bond acceptors (Lipinski definition) is 3. The molecule has 0 radical (unpaired) electrons. The highest BCUT2D eigenvalue weighted by Crippen LogP contribution is 2.44. The van der Waals surface area contributed by atoms with Gasteiger partial charge in [0.2, 0.25) is 0 Å². The normalized spacial score (nSPS) is 28.8. The Hall–Kier alpha value is -0.580. The molecule has 0 bridgehead atoms. The fraction of sp³-hybridized carbons (Fsp3) is 0.647. The van der Waals surface area contributed by atoms with Crippen LogP contribution in [-0.2, 0) is 4.74 Å². The summed E-state index contributed by atoms with van der Waals surface area (Å²) in [6.07, 6.45) is 5.36. The molecule has 0 saturated carbocycles. The van der Waals surface area contributed by atoms with E-state index in [2.05, 4.69) is 46.4 Å². The second-order valence-corrected chi connectivity index (χ2v) is 7.06. The molecular weight excluding hydrogens is 330 g/mol. The Morgan fingerprint density at radius 2 is 2.24 bits per heavy atom. The molecule has 21 heavy (non-hydrogen) atoms. The number of hydrogen-bond donors (Lipinski definition) is 1. The van der Waals surface area contributed by atoms with Crippen LogP contribution >= 0.6 is 15.9 Å². The second-order valence-electron chi connectivity index (χ2n) is 6.14. The van der Waals surface area contributed by atoms with Crippen LogP contribution in [0.3, 0.4) is 0 Å². The zero-order chi connectivity index (χ0) is 14.7. The molecule has 1 spiro atoms. The van der Waals surface area contributed by atoms with E-state index in [-0.39, 0.29) is 5.60 Å². The molecule has 2 atom stereocenters. The van der Waals surface area contributed by atoms with Gasteiger partial charge >= 0.3 is 0 Å². The summed E-state index contributed by atoms with van der Waals surface area (Å²) in [6.45, 7) is 4.93. The fourth-order valence-electron chi connectivity index (χ4n) is 3.43. The van der Waals surface area contributed by atoms with Crippen LogP contribution in [0.2, 0.25) is 0 Å². The first kappa shape index (κ1) is 15.3. The van der Waals surface area contributed by atoms with Gasteiger partial charge in [0.1, 0.15) is 11.4 Å². The summed E-state index contributed by atoms with van der Waals surface area (Å²) in [5.41, 5.74) is 1.23. The Balaban J connectivity index is 1.89. The lowest BCUT2D eigenvalue weighted by atomic mass is 9.82. The van der Waals surface area contributed by atoms with Gasteiger partial charge in [-0.2, -0.15) is 0 Å². The van der Waals surface area contributed by atoms with Crippen molar-refractivity contribution in [2.75, 3.05) is 19.8 Å². The zero-order valence-electron chi connectivity index (χ0n) is 12.7. The van der Waals surface area contributed by atoms with Crippen molar-refractivity contribution in [2.45, 2.75) is 50.7 Å². The lowest BCUT2D eigenvalue weighted by Gasteiger charge is -2.42. The van der Waals surface area contributed by atoms with Crippen LogP contribution in [0.15, 0.2) is 22.7 Å². The van der Waals surface area contributed by atoms with Gasteiger partial charge in [0, 0.05) is 35.5 Å². The van der Waals surface area contributed by atoms with Crippen LogP contribution in [0.1, 0.15) is 50.6 Å². The topological polar surface area (TPSA) is 30.5 Å². The van der Waals surface area contributed by atoms with Gasteiger partial charge in [0.25, 0.3) is 0 Å². The molecule has 2 aliphatic heterocycles. The molecular formula is C17H24BrNO2. The molecule has 116 valence electrons. The van der Waals surface area contributed by atoms with Crippen LogP contribution in [0.4, 0.5) is 0 Å². The predicted molar refractivity (Wildman–Crippen MR) is 87.8 cm³/mol. The molecule has 3 nitrogen and oxygen atoms in total. The van der Waals surface area contributed by atoms with Crippen molar-refractivity contribution < 1.29 is 9.47 Å². The summed E-state index contributed by atoms with van der Waals surface area (Å²) in [5.74, 6) is 1.04. The first-order valence-electron chi connectivity index (χ1n) is 8.02. The molecule has 2 heterocycles. The Labute approximate surface area is 135 Å². The molecule has 3 rings (SSSR count). The maximum atomic E-state index is 6.46. The van der Waals surface area contributed by atoms with Gasteiger partial charge in [0.05, 0.1) is 6.61 Å². The summed E-state index contributed by atoms with van der Waals surface area (Å²) < 4.78 is 13.2. The largest absolute Gasteiger partial charge is 0.487 e. The first-order chi connectivity index (χ1) is 10.2. The van der Waals surface area contributed by atoms with Crippen molar-refractivity contribution >= 4 is 15.9 Å². The minimum absolute atomic E-state index is 0.0528. The molecule has 4 heteroatoms. The third-order valence-electron chi connectivity index (χ3n) is 4.51. The van der Waals surface area contributed by atoms with Gasteiger partial charge in [-0.05, 0) is 44.0 Å². The molecule has 0 aromatic heterocycles. The van der Waals surface area contributed by atoms with Crippen molar-refractivity contribution in [1.29, 1.82) is 0 Å². The first-order valence-corrected chi connectivity index (χ1v) is 8.81. The van der Waals surface area contributed by atoms with Gasteiger partial charge in [-0.25, -0.2) is 0 Å². The highest BCUT2D eigenvalue weighted by molar-refractivity contribution is 9.10. The summed E-state index contributed by atoms with van der Waals surface area (Å²) >= 11 is 3.58. The molecule has 0 aliphatic carbocycles. The van der Waals surface area contributed by atoms with E-state index < -0.39 is 0 Å². The summed E-state index contributed by atoms with van der Waals surface area (Å²) in [4.78, 5) is 0. The van der Waals surface area contributed by atoms with Crippen LogP contribution in [0.5, 0.6) is 5.75 Å². The smallest absolute Gasteiger partial charge is 0.125 e. The summed E-state index contributed by atoms with van der Waals surface area (Å²) in [5, 5.41) is 3.71. The van der Waals surface area contributed by atoms with Gasteiger partial charge in [-0.15, -0.1) is 0 Å². The molecule has 1 aromatic rings. The molecule has 1 aromatic carbocycles. The van der Waals surface area contributed by atoms with Gasteiger partial charge < -0.3 is 14.8 Å². The van der Waals surface area contributed by atoms with E-state index in [9.17, 15) is 0 Å². The SMILES string of the molecule is CCCNC1CC2(CCCOCC2)Oc2ccc(Br)cc21. The Bertz CT molecular complexity index is 484. The zero-order valence-corrected chi connectivity index (χ0v) is 14.2. The lowest BCUT2D eigenvalue weighted by molar-refractivity contribution is 0.0108. The standard InChI is InChI=1S/C17H24BrNO2/c1-2-8-19-15-12-17(6-3-9-20-10-7-17)21-16-5-4-13(18)11-14(15)16/h4-5,11,15,19H,2-3,6-10,12H2,1H3. The maximum absolute atomic E-state index is 6.46. The van der Waals surface area contributed by atoms with Gasteiger partial charge in [-0.1, -0.05) is 22.9 Å². The van der Waals surface area contributed by atoms with Gasteiger partial charge in [0.15, 0.2) is 0 Å². The van der Waals surface area contributed by atoms with E-state index in [0.717, 1.165) is 62.1 Å².